The van der Waals surface area contributed by atoms with E-state index in [0.29, 0.717) is 12.2 Å². The van der Waals surface area contributed by atoms with Crippen molar-refractivity contribution in [2.24, 2.45) is 0 Å². The third-order valence-corrected chi connectivity index (χ3v) is 2.18. The van der Waals surface area contributed by atoms with Crippen LogP contribution in [0.3, 0.4) is 0 Å². The van der Waals surface area contributed by atoms with E-state index in [-0.39, 0.29) is 5.91 Å². The molecule has 1 aromatic heterocycles. The van der Waals surface area contributed by atoms with Crippen molar-refractivity contribution >= 4 is 11.6 Å². The van der Waals surface area contributed by atoms with Crippen LogP contribution in [0.25, 0.3) is 0 Å². The first-order chi connectivity index (χ1) is 8.29. The normalized spacial score (nSPS) is 9.94. The molecule has 2 N–H and O–H groups in total. The lowest BCUT2D eigenvalue weighted by Crippen LogP contribution is -2.10. The van der Waals surface area contributed by atoms with E-state index >= 15 is 0 Å². The van der Waals surface area contributed by atoms with Crippen LogP contribution in [0, 0.1) is 0 Å². The highest BCUT2D eigenvalue weighted by molar-refractivity contribution is 6.03. The molecule has 0 spiro atoms. The fourth-order valence-electron chi connectivity index (χ4n) is 1.38. The number of anilines is 1. The summed E-state index contributed by atoms with van der Waals surface area (Å²) in [5, 5.41) is 9.07. The number of carbonyl (C=O) groups excluding carboxylic acids is 1. The van der Waals surface area contributed by atoms with Crippen LogP contribution in [0.2, 0.25) is 0 Å². The minimum Gasteiger partial charge on any atom is -0.494 e. The van der Waals surface area contributed by atoms with Gasteiger partial charge in [-0.1, -0.05) is 0 Å². The summed E-state index contributed by atoms with van der Waals surface area (Å²) in [7, 11) is 0. The van der Waals surface area contributed by atoms with Crippen molar-refractivity contribution in [1.82, 2.24) is 10.2 Å². The highest BCUT2D eigenvalue weighted by Gasteiger charge is 2.06. The van der Waals surface area contributed by atoms with E-state index in [1.54, 1.807) is 18.3 Å². The van der Waals surface area contributed by atoms with Crippen molar-refractivity contribution in [1.29, 1.82) is 0 Å². The lowest BCUT2D eigenvalue weighted by atomic mass is 10.2. The van der Waals surface area contributed by atoms with Crippen LogP contribution in [-0.2, 0) is 0 Å². The molecule has 0 bridgehead atoms. The highest BCUT2D eigenvalue weighted by Crippen LogP contribution is 2.16. The molecule has 0 radical (unpaired) electrons. The topological polar surface area (TPSA) is 67.0 Å². The standard InChI is InChI=1S/C12H13N3O2/c1-2-17-11-5-3-10(4-6-11)15-12(16)9-7-13-14-8-9/h3-8H,2H2,1H3,(H,13,14)(H,15,16). The van der Waals surface area contributed by atoms with Gasteiger partial charge in [-0.05, 0) is 31.2 Å². The molecule has 2 aromatic rings. The van der Waals surface area contributed by atoms with E-state index in [1.165, 1.54) is 6.20 Å². The Bertz CT molecular complexity index is 477. The van der Waals surface area contributed by atoms with E-state index < -0.39 is 0 Å². The first-order valence-corrected chi connectivity index (χ1v) is 5.32. The first-order valence-electron chi connectivity index (χ1n) is 5.32. The number of benzene rings is 1. The Labute approximate surface area is 98.8 Å². The van der Waals surface area contributed by atoms with E-state index in [0.717, 1.165) is 11.4 Å². The number of nitrogens with zero attached hydrogens (tertiary/aromatic N) is 1. The van der Waals surface area contributed by atoms with E-state index in [2.05, 4.69) is 15.5 Å². The van der Waals surface area contributed by atoms with Gasteiger partial charge in [0, 0.05) is 11.9 Å². The highest BCUT2D eigenvalue weighted by atomic mass is 16.5. The van der Waals surface area contributed by atoms with Gasteiger partial charge in [-0.25, -0.2) is 0 Å². The molecule has 2 rings (SSSR count). The summed E-state index contributed by atoms with van der Waals surface area (Å²) < 4.78 is 5.31. The van der Waals surface area contributed by atoms with Gasteiger partial charge in [-0.3, -0.25) is 9.89 Å². The number of hydrogen-bond acceptors (Lipinski definition) is 3. The molecule has 0 aliphatic heterocycles. The molecule has 1 heterocycles. The number of ether oxygens (including phenoxy) is 1. The molecule has 0 aliphatic rings. The number of aromatic amines is 1. The molecule has 0 saturated heterocycles. The van der Waals surface area contributed by atoms with Gasteiger partial charge >= 0.3 is 0 Å². The summed E-state index contributed by atoms with van der Waals surface area (Å²) in [6, 6.07) is 7.22. The molecular formula is C12H13N3O2. The second kappa shape index (κ2) is 5.16. The first kappa shape index (κ1) is 11.2. The van der Waals surface area contributed by atoms with E-state index in [9.17, 15) is 4.79 Å². The van der Waals surface area contributed by atoms with Crippen LogP contribution in [0.4, 0.5) is 5.69 Å². The minimum atomic E-state index is -0.192. The molecular weight excluding hydrogens is 218 g/mol. The smallest absolute Gasteiger partial charge is 0.258 e. The van der Waals surface area contributed by atoms with Gasteiger partial charge in [-0.2, -0.15) is 5.10 Å². The number of H-pyrrole nitrogens is 1. The Kier molecular flexibility index (Phi) is 3.40. The fraction of sp³-hybridized carbons (Fsp3) is 0.167. The quantitative estimate of drug-likeness (QED) is 0.846. The van der Waals surface area contributed by atoms with Crippen LogP contribution in [0.15, 0.2) is 36.7 Å². The summed E-state index contributed by atoms with van der Waals surface area (Å²) in [6.45, 7) is 2.55. The third-order valence-electron chi connectivity index (χ3n) is 2.18. The largest absolute Gasteiger partial charge is 0.494 e. The Morgan fingerprint density at radius 1 is 1.41 bits per heavy atom. The molecule has 0 atom stereocenters. The Hall–Kier alpha value is -2.30. The van der Waals surface area contributed by atoms with Crippen molar-refractivity contribution in [3.05, 3.63) is 42.2 Å². The number of rotatable bonds is 4. The van der Waals surface area contributed by atoms with Crippen LogP contribution in [-0.4, -0.2) is 22.7 Å². The summed E-state index contributed by atoms with van der Waals surface area (Å²) in [5.74, 6) is 0.594. The lowest BCUT2D eigenvalue weighted by molar-refractivity contribution is 0.102. The van der Waals surface area contributed by atoms with Crippen LogP contribution in [0.5, 0.6) is 5.75 Å². The molecule has 5 nitrogen and oxygen atoms in total. The predicted octanol–water partition coefficient (Wildman–Crippen LogP) is 2.06. The molecule has 5 heteroatoms. The molecule has 0 unspecified atom stereocenters. The number of carbonyl (C=O) groups is 1. The van der Waals surface area contributed by atoms with Gasteiger partial charge in [-0.15, -0.1) is 0 Å². The number of nitrogens with one attached hydrogen (secondary N) is 2. The molecule has 17 heavy (non-hydrogen) atoms. The second-order valence-corrected chi connectivity index (χ2v) is 3.40. The van der Waals surface area contributed by atoms with Gasteiger partial charge in [0.25, 0.3) is 5.91 Å². The van der Waals surface area contributed by atoms with Crippen molar-refractivity contribution < 1.29 is 9.53 Å². The van der Waals surface area contributed by atoms with Gasteiger partial charge in [0.1, 0.15) is 5.75 Å². The second-order valence-electron chi connectivity index (χ2n) is 3.40. The number of hydrogen-bond donors (Lipinski definition) is 2. The maximum atomic E-state index is 11.7. The van der Waals surface area contributed by atoms with Crippen molar-refractivity contribution in [2.45, 2.75) is 6.92 Å². The minimum absolute atomic E-state index is 0.192. The zero-order chi connectivity index (χ0) is 12.1. The Morgan fingerprint density at radius 3 is 2.76 bits per heavy atom. The zero-order valence-electron chi connectivity index (χ0n) is 9.43. The predicted molar refractivity (Wildman–Crippen MR) is 64.2 cm³/mol. The van der Waals surface area contributed by atoms with Gasteiger partial charge in [0.2, 0.25) is 0 Å². The number of amides is 1. The molecule has 88 valence electrons. The number of aromatic nitrogens is 2. The fourth-order valence-corrected chi connectivity index (χ4v) is 1.38. The molecule has 0 saturated carbocycles. The van der Waals surface area contributed by atoms with Crippen molar-refractivity contribution in [3.8, 4) is 5.75 Å². The Balaban J connectivity index is 2.01. The lowest BCUT2D eigenvalue weighted by Gasteiger charge is -2.05. The van der Waals surface area contributed by atoms with Crippen LogP contribution in [0.1, 0.15) is 17.3 Å². The van der Waals surface area contributed by atoms with Gasteiger partial charge < -0.3 is 10.1 Å². The molecule has 0 fully saturated rings. The van der Waals surface area contributed by atoms with Crippen molar-refractivity contribution in [2.75, 3.05) is 11.9 Å². The van der Waals surface area contributed by atoms with E-state index in [1.807, 2.05) is 19.1 Å². The van der Waals surface area contributed by atoms with E-state index in [4.69, 9.17) is 4.74 Å². The third kappa shape index (κ3) is 2.84. The monoisotopic (exact) mass is 231 g/mol. The summed E-state index contributed by atoms with van der Waals surface area (Å²) in [5.41, 5.74) is 1.22. The summed E-state index contributed by atoms with van der Waals surface area (Å²) in [6.07, 6.45) is 3.02. The van der Waals surface area contributed by atoms with Crippen LogP contribution < -0.4 is 10.1 Å². The summed E-state index contributed by atoms with van der Waals surface area (Å²) >= 11 is 0. The maximum absolute atomic E-state index is 11.7. The zero-order valence-corrected chi connectivity index (χ0v) is 9.43. The average molecular weight is 231 g/mol. The van der Waals surface area contributed by atoms with Gasteiger partial charge in [0.05, 0.1) is 18.4 Å². The maximum Gasteiger partial charge on any atom is 0.258 e. The Morgan fingerprint density at radius 2 is 2.18 bits per heavy atom. The average Bonchev–Trinajstić information content (AvgIpc) is 2.86. The molecule has 1 amide bonds. The van der Waals surface area contributed by atoms with Crippen molar-refractivity contribution in [3.63, 3.8) is 0 Å². The van der Waals surface area contributed by atoms with Crippen LogP contribution >= 0.6 is 0 Å². The molecule has 1 aromatic carbocycles. The van der Waals surface area contributed by atoms with Gasteiger partial charge in [0.15, 0.2) is 0 Å². The SMILES string of the molecule is CCOc1ccc(NC(=O)c2cn[nH]c2)cc1. The summed E-state index contributed by atoms with van der Waals surface area (Å²) in [4.78, 5) is 11.7. The molecule has 0 aliphatic carbocycles.